The number of imide groups is 1. The molecule has 6 nitrogen and oxygen atoms in total. The largest absolute Gasteiger partial charge is 0.361 e. The van der Waals surface area contributed by atoms with Gasteiger partial charge in [-0.15, -0.1) is 0 Å². The van der Waals surface area contributed by atoms with Crippen molar-refractivity contribution in [3.05, 3.63) is 30.0 Å². The van der Waals surface area contributed by atoms with Gasteiger partial charge in [-0.25, -0.2) is 4.79 Å². The maximum Gasteiger partial charge on any atom is 0.328 e. The Kier molecular flexibility index (Phi) is 2.56. The van der Waals surface area contributed by atoms with Crippen molar-refractivity contribution in [3.8, 4) is 0 Å². The number of H-pyrrole nitrogens is 1. The van der Waals surface area contributed by atoms with E-state index in [1.54, 1.807) is 12.3 Å². The van der Waals surface area contributed by atoms with Crippen LogP contribution >= 0.6 is 0 Å². The van der Waals surface area contributed by atoms with E-state index in [-0.39, 0.29) is 12.3 Å². The molecule has 2 aromatic rings. The van der Waals surface area contributed by atoms with Gasteiger partial charge in [-0.3, -0.25) is 19.8 Å². The Morgan fingerprint density at radius 3 is 2.84 bits per heavy atom. The lowest BCUT2D eigenvalue weighted by Gasteiger charge is -2.26. The number of fused-ring (bicyclic) bond motifs is 1. The number of amides is 3. The summed E-state index contributed by atoms with van der Waals surface area (Å²) in [4.78, 5) is 38.4. The minimum absolute atomic E-state index is 0.257. The zero-order valence-corrected chi connectivity index (χ0v) is 9.97. The zero-order chi connectivity index (χ0) is 13.4. The van der Waals surface area contributed by atoms with Crippen LogP contribution in [-0.4, -0.2) is 29.8 Å². The van der Waals surface area contributed by atoms with Gasteiger partial charge < -0.3 is 4.98 Å². The molecule has 3 rings (SSSR count). The van der Waals surface area contributed by atoms with Crippen LogP contribution in [-0.2, 0) is 4.79 Å². The first-order chi connectivity index (χ1) is 9.19. The van der Waals surface area contributed by atoms with Crippen molar-refractivity contribution in [1.29, 1.82) is 0 Å². The highest BCUT2D eigenvalue weighted by Gasteiger charge is 2.24. The van der Waals surface area contributed by atoms with Crippen LogP contribution in [0.2, 0.25) is 0 Å². The molecule has 0 unspecified atom stereocenters. The number of rotatable bonds is 2. The van der Waals surface area contributed by atoms with Crippen LogP contribution in [0.5, 0.6) is 0 Å². The summed E-state index contributed by atoms with van der Waals surface area (Å²) in [6.07, 6.45) is 2.74. The van der Waals surface area contributed by atoms with E-state index in [1.165, 1.54) is 4.90 Å². The van der Waals surface area contributed by atoms with E-state index in [2.05, 4.69) is 10.3 Å². The molecular weight excluding hydrogens is 246 g/mol. The fraction of sp³-hybridized carbons (Fsp3) is 0.154. The van der Waals surface area contributed by atoms with Crippen LogP contribution in [0, 0.1) is 0 Å². The number of aromatic amines is 1. The first kappa shape index (κ1) is 11.5. The maximum atomic E-state index is 11.8. The second kappa shape index (κ2) is 4.24. The summed E-state index contributed by atoms with van der Waals surface area (Å²) in [5.41, 5.74) is 1.84. The number of hydrogen-bond donors (Lipinski definition) is 2. The molecule has 3 amide bonds. The molecule has 0 bridgehead atoms. The molecule has 96 valence electrons. The summed E-state index contributed by atoms with van der Waals surface area (Å²) in [5, 5.41) is 3.11. The third kappa shape index (κ3) is 1.87. The fourth-order valence-corrected chi connectivity index (χ4v) is 2.24. The molecule has 1 aliphatic heterocycles. The normalized spacial score (nSPS) is 15.7. The quantitative estimate of drug-likeness (QED) is 0.798. The maximum absolute atomic E-state index is 11.8. The Morgan fingerprint density at radius 1 is 1.26 bits per heavy atom. The van der Waals surface area contributed by atoms with E-state index in [9.17, 15) is 14.4 Å². The number of nitrogens with zero attached hydrogens (tertiary/aromatic N) is 1. The van der Waals surface area contributed by atoms with Gasteiger partial charge in [-0.1, -0.05) is 0 Å². The lowest BCUT2D eigenvalue weighted by Crippen LogP contribution is -2.49. The van der Waals surface area contributed by atoms with Crippen molar-refractivity contribution in [2.45, 2.75) is 6.42 Å². The lowest BCUT2D eigenvalue weighted by molar-refractivity contribution is -0.120. The smallest absolute Gasteiger partial charge is 0.328 e. The van der Waals surface area contributed by atoms with Crippen molar-refractivity contribution in [2.75, 3.05) is 11.4 Å². The Hall–Kier alpha value is -2.63. The number of hydrogen-bond acceptors (Lipinski definition) is 3. The van der Waals surface area contributed by atoms with Gasteiger partial charge in [0, 0.05) is 35.8 Å². The molecule has 2 heterocycles. The van der Waals surface area contributed by atoms with Crippen LogP contribution in [0.3, 0.4) is 0 Å². The number of benzene rings is 1. The summed E-state index contributed by atoms with van der Waals surface area (Å²) < 4.78 is 0. The monoisotopic (exact) mass is 257 g/mol. The Bertz CT molecular complexity index is 689. The van der Waals surface area contributed by atoms with E-state index >= 15 is 0 Å². The Labute approximate surface area is 108 Å². The van der Waals surface area contributed by atoms with E-state index in [0.717, 1.165) is 17.2 Å². The van der Waals surface area contributed by atoms with Crippen LogP contribution in [0.1, 0.15) is 16.8 Å². The number of carbonyl (C=O) groups is 3. The molecule has 0 aliphatic carbocycles. The van der Waals surface area contributed by atoms with Gasteiger partial charge in [0.25, 0.3) is 0 Å². The van der Waals surface area contributed by atoms with Gasteiger partial charge >= 0.3 is 6.03 Å². The molecule has 0 atom stereocenters. The van der Waals surface area contributed by atoms with Crippen molar-refractivity contribution >= 4 is 34.8 Å². The lowest BCUT2D eigenvalue weighted by atomic mass is 10.1. The molecule has 0 spiro atoms. The number of urea groups is 1. The molecule has 1 aromatic carbocycles. The summed E-state index contributed by atoms with van der Waals surface area (Å²) in [6.45, 7) is 0.318. The predicted molar refractivity (Wildman–Crippen MR) is 69.2 cm³/mol. The number of nitrogens with one attached hydrogen (secondary N) is 2. The standard InChI is InChI=1S/C13H11N3O3/c17-7-9-6-10(5-8-1-3-14-12(8)9)16-4-2-11(18)15-13(16)19/h1,3,5-7,14H,2,4H2,(H,15,18,19). The average Bonchev–Trinajstić information content (AvgIpc) is 2.85. The van der Waals surface area contributed by atoms with E-state index in [1.807, 2.05) is 12.1 Å². The Morgan fingerprint density at radius 2 is 2.11 bits per heavy atom. The summed E-state index contributed by atoms with van der Waals surface area (Å²) in [5.74, 6) is -0.278. The molecular formula is C13H11N3O3. The topological polar surface area (TPSA) is 82.3 Å². The Balaban J connectivity index is 2.07. The van der Waals surface area contributed by atoms with Crippen LogP contribution in [0.15, 0.2) is 24.4 Å². The molecule has 19 heavy (non-hydrogen) atoms. The minimum Gasteiger partial charge on any atom is -0.361 e. The fourth-order valence-electron chi connectivity index (χ4n) is 2.24. The number of aromatic nitrogens is 1. The van der Waals surface area contributed by atoms with E-state index in [0.29, 0.717) is 17.8 Å². The van der Waals surface area contributed by atoms with Gasteiger partial charge in [0.05, 0.1) is 5.52 Å². The highest BCUT2D eigenvalue weighted by Crippen LogP contribution is 2.25. The van der Waals surface area contributed by atoms with Crippen molar-refractivity contribution < 1.29 is 14.4 Å². The molecule has 1 aliphatic rings. The van der Waals surface area contributed by atoms with Gasteiger partial charge in [-0.2, -0.15) is 0 Å². The third-order valence-corrected chi connectivity index (χ3v) is 3.17. The first-order valence-corrected chi connectivity index (χ1v) is 5.87. The van der Waals surface area contributed by atoms with Crippen LogP contribution in [0.4, 0.5) is 10.5 Å². The molecule has 6 heteroatoms. The molecule has 0 saturated carbocycles. The highest BCUT2D eigenvalue weighted by molar-refractivity contribution is 6.07. The summed E-state index contributed by atoms with van der Waals surface area (Å²) in [6, 6.07) is 4.83. The van der Waals surface area contributed by atoms with Gasteiger partial charge in [0.1, 0.15) is 0 Å². The molecule has 2 N–H and O–H groups in total. The van der Waals surface area contributed by atoms with E-state index in [4.69, 9.17) is 0 Å². The molecule has 1 aromatic heterocycles. The summed E-state index contributed by atoms with van der Waals surface area (Å²) >= 11 is 0. The van der Waals surface area contributed by atoms with Gasteiger partial charge in [0.15, 0.2) is 6.29 Å². The van der Waals surface area contributed by atoms with Crippen molar-refractivity contribution in [2.24, 2.45) is 0 Å². The first-order valence-electron chi connectivity index (χ1n) is 5.87. The SMILES string of the molecule is O=Cc1cc(N2CCC(=O)NC2=O)cc2cc[nH]c12. The number of anilines is 1. The van der Waals surface area contributed by atoms with Gasteiger partial charge in [0.2, 0.25) is 5.91 Å². The highest BCUT2D eigenvalue weighted by atomic mass is 16.2. The zero-order valence-electron chi connectivity index (χ0n) is 9.97. The van der Waals surface area contributed by atoms with Crippen LogP contribution < -0.4 is 10.2 Å². The van der Waals surface area contributed by atoms with Crippen molar-refractivity contribution in [3.63, 3.8) is 0 Å². The number of aldehydes is 1. The summed E-state index contributed by atoms with van der Waals surface area (Å²) in [7, 11) is 0. The number of carbonyl (C=O) groups excluding carboxylic acids is 3. The molecule has 1 fully saturated rings. The second-order valence-electron chi connectivity index (χ2n) is 4.35. The van der Waals surface area contributed by atoms with Crippen LogP contribution in [0.25, 0.3) is 10.9 Å². The molecule has 1 saturated heterocycles. The third-order valence-electron chi connectivity index (χ3n) is 3.17. The van der Waals surface area contributed by atoms with Crippen molar-refractivity contribution in [1.82, 2.24) is 10.3 Å². The second-order valence-corrected chi connectivity index (χ2v) is 4.35. The minimum atomic E-state index is -0.456. The predicted octanol–water partition coefficient (Wildman–Crippen LogP) is 1.43. The average molecular weight is 257 g/mol. The molecule has 0 radical (unpaired) electrons. The van der Waals surface area contributed by atoms with Gasteiger partial charge in [-0.05, 0) is 18.2 Å². The van der Waals surface area contributed by atoms with E-state index < -0.39 is 6.03 Å².